The molecule has 1 amide bonds. The molecule has 0 rings (SSSR count). The van der Waals surface area contributed by atoms with Gasteiger partial charge in [-0.25, -0.2) is 0 Å². The van der Waals surface area contributed by atoms with Crippen LogP contribution in [0.1, 0.15) is 264 Å². The van der Waals surface area contributed by atoms with Gasteiger partial charge in [0.25, 0.3) is 7.82 Å². The van der Waals surface area contributed by atoms with Crippen molar-refractivity contribution in [3.63, 3.8) is 0 Å². The number of nitrogens with one attached hydrogen (secondary N) is 1. The number of amides is 1. The third-order valence-electron chi connectivity index (χ3n) is 13.0. The number of aliphatic hydroxyl groups excluding tert-OH is 1. The van der Waals surface area contributed by atoms with Gasteiger partial charge in [-0.05, 0) is 57.8 Å². The third kappa shape index (κ3) is 53.8. The molecule has 8 nitrogen and oxygen atoms in total. The second kappa shape index (κ2) is 51.1. The van der Waals surface area contributed by atoms with Gasteiger partial charge in [0.1, 0.15) is 13.2 Å². The van der Waals surface area contributed by atoms with Crippen molar-refractivity contribution in [2.75, 3.05) is 40.9 Å². The monoisotopic (exact) mass is 989 g/mol. The molecule has 3 atom stereocenters. The van der Waals surface area contributed by atoms with E-state index in [4.69, 9.17) is 9.05 Å². The summed E-state index contributed by atoms with van der Waals surface area (Å²) in [6, 6.07) is -0.884. The molecule has 3 unspecified atom stereocenters. The molecular formula is C60H113N2O6P. The van der Waals surface area contributed by atoms with Gasteiger partial charge in [-0.1, -0.05) is 261 Å². The maximum atomic E-state index is 12.9. The highest BCUT2D eigenvalue weighted by Crippen LogP contribution is 2.38. The number of allylic oxidation sites excluding steroid dienone is 9. The van der Waals surface area contributed by atoms with Gasteiger partial charge in [0.2, 0.25) is 5.91 Å². The summed E-state index contributed by atoms with van der Waals surface area (Å²) in [5.41, 5.74) is 0. The van der Waals surface area contributed by atoms with E-state index in [0.717, 1.165) is 64.2 Å². The fourth-order valence-corrected chi connectivity index (χ4v) is 9.16. The number of carbonyl (C=O) groups excluding carboxylic acids is 1. The van der Waals surface area contributed by atoms with Gasteiger partial charge in [0.15, 0.2) is 0 Å². The highest BCUT2D eigenvalue weighted by molar-refractivity contribution is 7.45. The smallest absolute Gasteiger partial charge is 0.268 e. The van der Waals surface area contributed by atoms with Crippen LogP contribution in [0.3, 0.4) is 0 Å². The molecule has 0 aromatic carbocycles. The molecule has 9 heteroatoms. The molecule has 404 valence electrons. The number of quaternary nitrogens is 1. The van der Waals surface area contributed by atoms with Crippen LogP contribution in [-0.4, -0.2) is 68.5 Å². The molecule has 0 radical (unpaired) electrons. The van der Waals surface area contributed by atoms with E-state index < -0.39 is 20.0 Å². The number of phosphoric ester groups is 1. The lowest BCUT2D eigenvalue weighted by Gasteiger charge is -2.29. The number of phosphoric acid groups is 1. The fourth-order valence-electron chi connectivity index (χ4n) is 8.44. The first-order chi connectivity index (χ1) is 33.5. The van der Waals surface area contributed by atoms with E-state index in [1.807, 2.05) is 27.2 Å². The van der Waals surface area contributed by atoms with Crippen LogP contribution in [0.5, 0.6) is 0 Å². The normalized spacial score (nSPS) is 14.4. The minimum absolute atomic E-state index is 0.000436. The third-order valence-corrected chi connectivity index (χ3v) is 13.9. The molecule has 0 aromatic heterocycles. The first kappa shape index (κ1) is 67.2. The number of rotatable bonds is 53. The number of hydrogen-bond donors (Lipinski definition) is 2. The van der Waals surface area contributed by atoms with Crippen LogP contribution in [0.4, 0.5) is 0 Å². The molecule has 69 heavy (non-hydrogen) atoms. The van der Waals surface area contributed by atoms with Crippen molar-refractivity contribution < 1.29 is 32.9 Å². The van der Waals surface area contributed by atoms with E-state index in [0.29, 0.717) is 17.4 Å². The van der Waals surface area contributed by atoms with Crippen molar-refractivity contribution >= 4 is 13.7 Å². The average Bonchev–Trinajstić information content (AvgIpc) is 3.31. The van der Waals surface area contributed by atoms with E-state index in [1.54, 1.807) is 6.08 Å². The van der Waals surface area contributed by atoms with Gasteiger partial charge in [0.05, 0.1) is 39.9 Å². The molecule has 0 heterocycles. The minimum Gasteiger partial charge on any atom is -0.756 e. The van der Waals surface area contributed by atoms with Crippen molar-refractivity contribution in [1.82, 2.24) is 5.32 Å². The number of hydrogen-bond acceptors (Lipinski definition) is 6. The van der Waals surface area contributed by atoms with Crippen LogP contribution in [0.25, 0.3) is 0 Å². The molecule has 0 aliphatic carbocycles. The zero-order chi connectivity index (χ0) is 50.6. The predicted molar refractivity (Wildman–Crippen MR) is 297 cm³/mol. The number of aliphatic hydroxyl groups is 1. The summed E-state index contributed by atoms with van der Waals surface area (Å²) in [5.74, 6) is -0.196. The Morgan fingerprint density at radius 1 is 0.522 bits per heavy atom. The van der Waals surface area contributed by atoms with Gasteiger partial charge in [-0.15, -0.1) is 0 Å². The van der Waals surface area contributed by atoms with Gasteiger partial charge >= 0.3 is 0 Å². The Balaban J connectivity index is 3.86. The quantitative estimate of drug-likeness (QED) is 0.0272. The Morgan fingerprint density at radius 2 is 0.884 bits per heavy atom. The first-order valence-electron chi connectivity index (χ1n) is 29.2. The minimum atomic E-state index is -4.59. The van der Waals surface area contributed by atoms with Gasteiger partial charge in [-0.3, -0.25) is 9.36 Å². The van der Waals surface area contributed by atoms with E-state index in [-0.39, 0.29) is 19.1 Å². The first-order valence-corrected chi connectivity index (χ1v) is 30.6. The lowest BCUT2D eigenvalue weighted by molar-refractivity contribution is -0.870. The molecule has 0 bridgehead atoms. The summed E-state index contributed by atoms with van der Waals surface area (Å²) < 4.78 is 23.2. The van der Waals surface area contributed by atoms with Gasteiger partial charge < -0.3 is 28.8 Å². The summed E-state index contributed by atoms with van der Waals surface area (Å²) in [7, 11) is 1.27. The molecular weight excluding hydrogens is 876 g/mol. The maximum absolute atomic E-state index is 12.9. The van der Waals surface area contributed by atoms with Crippen molar-refractivity contribution in [2.45, 2.75) is 276 Å². The van der Waals surface area contributed by atoms with Crippen molar-refractivity contribution in [3.8, 4) is 0 Å². The molecule has 0 aromatic rings. The largest absolute Gasteiger partial charge is 0.756 e. The van der Waals surface area contributed by atoms with E-state index in [2.05, 4.69) is 67.8 Å². The second-order valence-corrected chi connectivity index (χ2v) is 22.4. The number of likely N-dealkylation sites (N-methyl/N-ethyl adjacent to an activating group) is 1. The highest BCUT2D eigenvalue weighted by Gasteiger charge is 2.23. The van der Waals surface area contributed by atoms with Crippen molar-refractivity contribution in [1.29, 1.82) is 0 Å². The summed E-state index contributed by atoms with van der Waals surface area (Å²) in [6.45, 7) is 4.52. The molecule has 0 fully saturated rings. The Hall–Kier alpha value is -1.80. The Morgan fingerprint density at radius 3 is 1.29 bits per heavy atom. The summed E-state index contributed by atoms with van der Waals surface area (Å²) in [4.78, 5) is 25.4. The predicted octanol–water partition coefficient (Wildman–Crippen LogP) is 17.1. The standard InChI is InChI=1S/C60H113N2O6P/c1-6-8-10-12-14-16-18-19-20-21-22-23-24-25-26-27-28-29-30-31-32-33-34-35-36-37-38-39-40-41-42-43-44-46-48-50-52-54-60(64)61-58(57-68-69(65,66)67-56-55-62(3,4)5)59(63)53-51-49-47-45-17-15-13-11-9-7-2/h8,10,14,16,19-20,22-23,51,53,58-59,63H,6-7,9,11-13,15,17-18,21,24-50,52,54-57H2,1-5H3,(H-,61,64,65,66)/b10-8-,16-14-,20-19-,23-22-,53-51+. The Bertz CT molecular complexity index is 1310. The van der Waals surface area contributed by atoms with Crippen LogP contribution in [0.2, 0.25) is 0 Å². The summed E-state index contributed by atoms with van der Waals surface area (Å²) in [6.07, 6.45) is 69.0. The molecule has 0 aliphatic heterocycles. The molecule has 0 aliphatic rings. The molecule has 0 spiro atoms. The summed E-state index contributed by atoms with van der Waals surface area (Å²) >= 11 is 0. The molecule has 0 saturated carbocycles. The average molecular weight is 990 g/mol. The molecule has 2 N–H and O–H groups in total. The van der Waals surface area contributed by atoms with Gasteiger partial charge in [0, 0.05) is 6.42 Å². The van der Waals surface area contributed by atoms with Crippen LogP contribution < -0.4 is 10.2 Å². The van der Waals surface area contributed by atoms with Crippen LogP contribution in [0, 0.1) is 0 Å². The van der Waals surface area contributed by atoms with Crippen LogP contribution in [0.15, 0.2) is 60.8 Å². The SMILES string of the molecule is CC/C=C\C/C=C\C/C=C\C/C=C\CCCCCCCCCCCCCCCCCCCCCCCCCCC(=O)NC(COP(=O)([O-])OCC[N+](C)(C)C)C(O)/C=C/CCCCCCCCCC. The van der Waals surface area contributed by atoms with Crippen molar-refractivity contribution in [3.05, 3.63) is 60.8 Å². The van der Waals surface area contributed by atoms with E-state index in [1.165, 1.54) is 180 Å². The van der Waals surface area contributed by atoms with E-state index in [9.17, 15) is 19.4 Å². The van der Waals surface area contributed by atoms with E-state index >= 15 is 0 Å². The maximum Gasteiger partial charge on any atom is 0.268 e. The zero-order valence-corrected chi connectivity index (χ0v) is 46.9. The Labute approximate surface area is 428 Å². The highest BCUT2D eigenvalue weighted by atomic mass is 31.2. The Kier molecular flexibility index (Phi) is 49.8. The van der Waals surface area contributed by atoms with Crippen LogP contribution in [-0.2, 0) is 18.4 Å². The lowest BCUT2D eigenvalue weighted by Crippen LogP contribution is -2.45. The topological polar surface area (TPSA) is 108 Å². The number of nitrogens with zero attached hydrogens (tertiary/aromatic N) is 1. The number of unbranched alkanes of at least 4 members (excludes halogenated alkanes) is 32. The second-order valence-electron chi connectivity index (χ2n) is 21.0. The number of carbonyl (C=O) groups is 1. The zero-order valence-electron chi connectivity index (χ0n) is 46.0. The van der Waals surface area contributed by atoms with Crippen LogP contribution >= 0.6 is 7.82 Å². The van der Waals surface area contributed by atoms with Gasteiger partial charge in [-0.2, -0.15) is 0 Å². The lowest BCUT2D eigenvalue weighted by atomic mass is 10.0. The summed E-state index contributed by atoms with van der Waals surface area (Å²) in [5, 5.41) is 13.8. The molecule has 0 saturated heterocycles. The fraction of sp³-hybridized carbons (Fsp3) is 0.817. The van der Waals surface area contributed by atoms with Crippen molar-refractivity contribution in [2.24, 2.45) is 0 Å².